The molecule has 0 spiro atoms. The smallest absolute Gasteiger partial charge is 0.0113 e. The number of benzene rings is 2. The molecule has 90 valence electrons. The highest BCUT2D eigenvalue weighted by Gasteiger charge is 2.29. The van der Waals surface area contributed by atoms with Crippen LogP contribution in [0.2, 0.25) is 0 Å². The van der Waals surface area contributed by atoms with Gasteiger partial charge in [0.2, 0.25) is 0 Å². The normalized spacial score (nSPS) is 18.0. The van der Waals surface area contributed by atoms with Crippen LogP contribution in [-0.4, -0.2) is 0 Å². The predicted octanol–water partition coefficient (Wildman–Crippen LogP) is 5.16. The summed E-state index contributed by atoms with van der Waals surface area (Å²) in [6, 6.07) is 13.1. The Hall–Kier alpha value is -1.82. The van der Waals surface area contributed by atoms with Crippen LogP contribution < -0.4 is 0 Å². The van der Waals surface area contributed by atoms with Crippen LogP contribution in [0, 0.1) is 5.41 Å². The second-order valence-electron chi connectivity index (χ2n) is 5.65. The van der Waals surface area contributed by atoms with Crippen LogP contribution in [0.3, 0.4) is 0 Å². The molecule has 0 heteroatoms. The highest BCUT2D eigenvalue weighted by molar-refractivity contribution is 5.95. The van der Waals surface area contributed by atoms with Crippen LogP contribution >= 0.6 is 0 Å². The van der Waals surface area contributed by atoms with Crippen LogP contribution in [0.1, 0.15) is 30.9 Å². The van der Waals surface area contributed by atoms with Crippen LogP contribution in [0.25, 0.3) is 16.8 Å². The first-order valence-electron chi connectivity index (χ1n) is 6.47. The lowest BCUT2D eigenvalue weighted by atomic mass is 9.71. The molecule has 3 rings (SSSR count). The average molecular weight is 234 g/mol. The summed E-state index contributed by atoms with van der Waals surface area (Å²) in [4.78, 5) is 0. The van der Waals surface area contributed by atoms with Crippen molar-refractivity contribution >= 4 is 16.8 Å². The Kier molecular flexibility index (Phi) is 2.41. The van der Waals surface area contributed by atoms with E-state index in [1.807, 2.05) is 0 Å². The molecule has 2 aromatic rings. The molecule has 0 aromatic heterocycles. The van der Waals surface area contributed by atoms with Crippen molar-refractivity contribution in [2.24, 2.45) is 5.41 Å². The SMILES string of the molecule is C=CC(C)(C)C1C=Cc2cccc3cccc1c23. The Balaban J connectivity index is 2.31. The molecule has 0 bridgehead atoms. The van der Waals surface area contributed by atoms with Crippen LogP contribution in [0.5, 0.6) is 0 Å². The van der Waals surface area contributed by atoms with Crippen molar-refractivity contribution in [3.63, 3.8) is 0 Å². The van der Waals surface area contributed by atoms with Gasteiger partial charge in [0, 0.05) is 5.92 Å². The van der Waals surface area contributed by atoms with E-state index in [1.165, 1.54) is 21.9 Å². The Morgan fingerprint density at radius 3 is 2.56 bits per heavy atom. The fraction of sp³-hybridized carbons (Fsp3) is 0.222. The van der Waals surface area contributed by atoms with E-state index in [9.17, 15) is 0 Å². The van der Waals surface area contributed by atoms with E-state index in [0.717, 1.165) is 0 Å². The van der Waals surface area contributed by atoms with Gasteiger partial charge in [-0.25, -0.2) is 0 Å². The molecule has 0 saturated carbocycles. The second kappa shape index (κ2) is 3.84. The van der Waals surface area contributed by atoms with Gasteiger partial charge in [0.25, 0.3) is 0 Å². The zero-order valence-electron chi connectivity index (χ0n) is 11.0. The first-order valence-corrected chi connectivity index (χ1v) is 6.47. The van der Waals surface area contributed by atoms with Crippen molar-refractivity contribution in [2.75, 3.05) is 0 Å². The zero-order chi connectivity index (χ0) is 12.8. The average Bonchev–Trinajstić information content (AvgIpc) is 2.39. The lowest BCUT2D eigenvalue weighted by Crippen LogP contribution is -2.19. The van der Waals surface area contributed by atoms with Crippen molar-refractivity contribution in [3.05, 3.63) is 66.3 Å². The van der Waals surface area contributed by atoms with E-state index in [0.29, 0.717) is 5.92 Å². The molecule has 2 aromatic carbocycles. The molecule has 1 unspecified atom stereocenters. The van der Waals surface area contributed by atoms with Gasteiger partial charge in [0.15, 0.2) is 0 Å². The molecule has 0 fully saturated rings. The molecule has 0 aliphatic heterocycles. The van der Waals surface area contributed by atoms with Crippen LogP contribution in [0.15, 0.2) is 55.1 Å². The van der Waals surface area contributed by atoms with Crippen molar-refractivity contribution in [1.29, 1.82) is 0 Å². The monoisotopic (exact) mass is 234 g/mol. The van der Waals surface area contributed by atoms with Gasteiger partial charge in [-0.2, -0.15) is 0 Å². The summed E-state index contributed by atoms with van der Waals surface area (Å²) in [5, 5.41) is 2.74. The van der Waals surface area contributed by atoms with Crippen molar-refractivity contribution in [1.82, 2.24) is 0 Å². The third-order valence-corrected chi connectivity index (χ3v) is 4.10. The minimum absolute atomic E-state index is 0.0817. The van der Waals surface area contributed by atoms with Gasteiger partial charge in [-0.3, -0.25) is 0 Å². The third-order valence-electron chi connectivity index (χ3n) is 4.10. The molecular weight excluding hydrogens is 216 g/mol. The number of hydrogen-bond acceptors (Lipinski definition) is 0. The van der Waals surface area contributed by atoms with Crippen molar-refractivity contribution < 1.29 is 0 Å². The Bertz CT molecular complexity index is 639. The molecule has 1 aliphatic carbocycles. The summed E-state index contributed by atoms with van der Waals surface area (Å²) in [5.41, 5.74) is 2.84. The van der Waals surface area contributed by atoms with Gasteiger partial charge in [-0.15, -0.1) is 6.58 Å². The number of allylic oxidation sites excluding steroid dienone is 2. The highest BCUT2D eigenvalue weighted by Crippen LogP contribution is 2.44. The van der Waals surface area contributed by atoms with Gasteiger partial charge in [-0.05, 0) is 27.3 Å². The summed E-state index contributed by atoms with van der Waals surface area (Å²) in [6.45, 7) is 8.50. The standard InChI is InChI=1S/C18H18/c1-4-18(2,3)16-12-11-14-8-5-7-13-9-6-10-15(16)17(13)14/h4-12,16H,1H2,2-3H3. The molecule has 0 amide bonds. The molecular formula is C18H18. The molecule has 0 radical (unpaired) electrons. The van der Waals surface area contributed by atoms with E-state index in [1.54, 1.807) is 0 Å². The van der Waals surface area contributed by atoms with Crippen LogP contribution in [0.4, 0.5) is 0 Å². The van der Waals surface area contributed by atoms with Gasteiger partial charge in [0.05, 0.1) is 0 Å². The fourth-order valence-corrected chi connectivity index (χ4v) is 2.88. The Morgan fingerprint density at radius 2 is 1.83 bits per heavy atom. The summed E-state index contributed by atoms with van der Waals surface area (Å²) in [5.74, 6) is 0.411. The summed E-state index contributed by atoms with van der Waals surface area (Å²) >= 11 is 0. The topological polar surface area (TPSA) is 0 Å². The summed E-state index contributed by atoms with van der Waals surface area (Å²) in [6.07, 6.45) is 6.64. The fourth-order valence-electron chi connectivity index (χ4n) is 2.88. The summed E-state index contributed by atoms with van der Waals surface area (Å²) < 4.78 is 0. The maximum Gasteiger partial charge on any atom is 0.0113 e. The zero-order valence-corrected chi connectivity index (χ0v) is 11.0. The number of hydrogen-bond donors (Lipinski definition) is 0. The lowest BCUT2D eigenvalue weighted by Gasteiger charge is -2.33. The van der Waals surface area contributed by atoms with E-state index in [-0.39, 0.29) is 5.41 Å². The molecule has 1 aliphatic rings. The van der Waals surface area contributed by atoms with Gasteiger partial charge in [-0.1, -0.05) is 68.5 Å². The molecule has 0 saturated heterocycles. The lowest BCUT2D eigenvalue weighted by molar-refractivity contribution is 0.429. The van der Waals surface area contributed by atoms with Gasteiger partial charge < -0.3 is 0 Å². The van der Waals surface area contributed by atoms with Gasteiger partial charge >= 0.3 is 0 Å². The van der Waals surface area contributed by atoms with Crippen LogP contribution in [-0.2, 0) is 0 Å². The summed E-state index contributed by atoms with van der Waals surface area (Å²) in [7, 11) is 0. The quantitative estimate of drug-likeness (QED) is 0.629. The van der Waals surface area contributed by atoms with Crippen molar-refractivity contribution in [2.45, 2.75) is 19.8 Å². The van der Waals surface area contributed by atoms with E-state index >= 15 is 0 Å². The van der Waals surface area contributed by atoms with E-state index in [4.69, 9.17) is 0 Å². The molecule has 0 N–H and O–H groups in total. The molecule has 18 heavy (non-hydrogen) atoms. The molecule has 0 heterocycles. The van der Waals surface area contributed by atoms with E-state index in [2.05, 4.69) is 75.1 Å². The minimum Gasteiger partial charge on any atom is -0.103 e. The first-order chi connectivity index (χ1) is 8.63. The minimum atomic E-state index is 0.0817. The number of rotatable bonds is 2. The van der Waals surface area contributed by atoms with Gasteiger partial charge in [0.1, 0.15) is 0 Å². The first kappa shape index (κ1) is 11.3. The predicted molar refractivity (Wildman–Crippen MR) is 79.7 cm³/mol. The largest absolute Gasteiger partial charge is 0.103 e. The maximum atomic E-state index is 3.99. The Labute approximate surface area is 109 Å². The molecule has 0 nitrogen and oxygen atoms in total. The second-order valence-corrected chi connectivity index (χ2v) is 5.65. The molecule has 1 atom stereocenters. The van der Waals surface area contributed by atoms with E-state index < -0.39 is 0 Å². The third kappa shape index (κ3) is 1.53. The Morgan fingerprint density at radius 1 is 1.11 bits per heavy atom. The van der Waals surface area contributed by atoms with Crippen molar-refractivity contribution in [3.8, 4) is 0 Å². The highest BCUT2D eigenvalue weighted by atomic mass is 14.3. The maximum absolute atomic E-state index is 3.99.